The molecule has 2 aromatic rings. The summed E-state index contributed by atoms with van der Waals surface area (Å²) in [5, 5.41) is 10.0. The minimum atomic E-state index is -3.76. The van der Waals surface area contributed by atoms with E-state index in [2.05, 4.69) is 17.2 Å². The number of aromatic nitrogens is 1. The zero-order valence-electron chi connectivity index (χ0n) is 18.3. The van der Waals surface area contributed by atoms with Crippen molar-refractivity contribution >= 4 is 51.0 Å². The number of anilines is 2. The summed E-state index contributed by atoms with van der Waals surface area (Å²) in [4.78, 5) is 17.1. The first kappa shape index (κ1) is 25.5. The van der Waals surface area contributed by atoms with E-state index in [0.717, 1.165) is 20.0 Å². The van der Waals surface area contributed by atoms with Crippen molar-refractivity contribution in [3.8, 4) is 5.75 Å². The minimum absolute atomic E-state index is 0.119. The monoisotopic (exact) mass is 516 g/mol. The zero-order chi connectivity index (χ0) is 24.2. The summed E-state index contributed by atoms with van der Waals surface area (Å²) in [6.45, 7) is 3.42. The van der Waals surface area contributed by atoms with E-state index in [4.69, 9.17) is 33.0 Å². The molecule has 0 radical (unpaired) electrons. The van der Waals surface area contributed by atoms with Crippen molar-refractivity contribution in [3.05, 3.63) is 45.9 Å². The van der Waals surface area contributed by atoms with Crippen LogP contribution < -0.4 is 14.4 Å². The molecule has 2 aliphatic rings. The van der Waals surface area contributed by atoms with E-state index in [1.807, 2.05) is 0 Å². The van der Waals surface area contributed by atoms with Gasteiger partial charge in [0.2, 0.25) is 0 Å². The van der Waals surface area contributed by atoms with Crippen LogP contribution in [0.3, 0.4) is 0 Å². The van der Waals surface area contributed by atoms with E-state index in [1.54, 1.807) is 30.3 Å². The molecule has 0 bridgehead atoms. The number of aliphatic hydroxyl groups is 1. The van der Waals surface area contributed by atoms with E-state index in [9.17, 15) is 13.2 Å². The molecule has 0 unspecified atom stereocenters. The molecule has 0 atom stereocenters. The molecule has 3 heterocycles. The number of benzene rings is 1. The number of ether oxygens (including phenoxy) is 1. The van der Waals surface area contributed by atoms with Gasteiger partial charge in [0.15, 0.2) is 11.6 Å². The quantitative estimate of drug-likeness (QED) is 0.643. The van der Waals surface area contributed by atoms with Crippen LogP contribution in [0.1, 0.15) is 30.1 Å². The molecule has 1 aromatic carbocycles. The van der Waals surface area contributed by atoms with Crippen LogP contribution >= 0.6 is 23.2 Å². The molecule has 2 aliphatic heterocycles. The molecule has 1 fully saturated rings. The van der Waals surface area contributed by atoms with Crippen LogP contribution in [-0.2, 0) is 10.2 Å². The second-order valence-electron chi connectivity index (χ2n) is 7.58. The predicted octanol–water partition coefficient (Wildman–Crippen LogP) is 3.42. The summed E-state index contributed by atoms with van der Waals surface area (Å²) < 4.78 is 34.9. The number of rotatable bonds is 4. The van der Waals surface area contributed by atoms with E-state index >= 15 is 0 Å². The van der Waals surface area contributed by atoms with Crippen molar-refractivity contribution in [3.63, 3.8) is 0 Å². The van der Waals surface area contributed by atoms with Crippen molar-refractivity contribution in [1.82, 2.24) is 9.29 Å². The standard InChI is InChI=1S/C20H22Cl2N4O4S.CH4O/c1-13-7-9-25(10-8-13)31(28,29)26-11-12-30-16-5-6-17(23-19(16)26)24-20(27)18-14(21)3-2-4-15(18)22;1-2/h2-6,13H,7-12H2,1H3,(H,23,24,27);2H,1H3. The fourth-order valence-electron chi connectivity index (χ4n) is 3.61. The lowest BCUT2D eigenvalue weighted by atomic mass is 10.0. The molecule has 4 rings (SSSR count). The highest BCUT2D eigenvalue weighted by Gasteiger charge is 2.36. The summed E-state index contributed by atoms with van der Waals surface area (Å²) in [5.41, 5.74) is 0.119. The number of aliphatic hydroxyl groups excluding tert-OH is 1. The Balaban J connectivity index is 0.00000149. The molecule has 0 spiro atoms. The highest BCUT2D eigenvalue weighted by molar-refractivity contribution is 7.90. The molecular formula is C21H26Cl2N4O5S. The minimum Gasteiger partial charge on any atom is -0.488 e. The SMILES string of the molecule is CC1CCN(S(=O)(=O)N2CCOc3ccc(NC(=O)c4c(Cl)cccc4Cl)nc32)CC1.CO. The predicted molar refractivity (Wildman–Crippen MR) is 129 cm³/mol. The number of hydrogen-bond acceptors (Lipinski definition) is 6. The fourth-order valence-corrected chi connectivity index (χ4v) is 5.79. The van der Waals surface area contributed by atoms with Gasteiger partial charge in [-0.25, -0.2) is 9.29 Å². The smallest absolute Gasteiger partial charge is 0.305 e. The van der Waals surface area contributed by atoms with Gasteiger partial charge in [-0.15, -0.1) is 0 Å². The van der Waals surface area contributed by atoms with Crippen molar-refractivity contribution in [1.29, 1.82) is 0 Å². The van der Waals surface area contributed by atoms with Gasteiger partial charge in [0, 0.05) is 20.2 Å². The Kier molecular flexibility index (Phi) is 8.41. The molecule has 9 nitrogen and oxygen atoms in total. The second-order valence-corrected chi connectivity index (χ2v) is 10.2. The number of carbonyl (C=O) groups excluding carboxylic acids is 1. The van der Waals surface area contributed by atoms with Gasteiger partial charge in [0.05, 0.1) is 22.2 Å². The summed E-state index contributed by atoms with van der Waals surface area (Å²) in [7, 11) is -2.76. The van der Waals surface area contributed by atoms with Gasteiger partial charge in [0.1, 0.15) is 12.4 Å². The summed E-state index contributed by atoms with van der Waals surface area (Å²) >= 11 is 12.2. The lowest BCUT2D eigenvalue weighted by Gasteiger charge is -2.36. The topological polar surface area (TPSA) is 112 Å². The lowest BCUT2D eigenvalue weighted by Crippen LogP contribution is -2.49. The van der Waals surface area contributed by atoms with Crippen LogP contribution in [0.15, 0.2) is 30.3 Å². The summed E-state index contributed by atoms with van der Waals surface area (Å²) in [6.07, 6.45) is 1.64. The first-order valence-electron chi connectivity index (χ1n) is 10.4. The number of piperidine rings is 1. The van der Waals surface area contributed by atoms with E-state index in [-0.39, 0.29) is 40.4 Å². The molecule has 2 N–H and O–H groups in total. The van der Waals surface area contributed by atoms with Gasteiger partial charge >= 0.3 is 10.2 Å². The maximum atomic E-state index is 13.3. The van der Waals surface area contributed by atoms with Crippen LogP contribution in [0.5, 0.6) is 5.75 Å². The third-order valence-corrected chi connectivity index (χ3v) is 7.97. The van der Waals surface area contributed by atoms with Gasteiger partial charge in [-0.2, -0.15) is 12.7 Å². The number of halogens is 2. The number of amides is 1. The Bertz CT molecular complexity index is 1090. The summed E-state index contributed by atoms with van der Waals surface area (Å²) in [5.74, 6) is 0.610. The maximum Gasteiger partial charge on any atom is 0.305 e. The molecule has 33 heavy (non-hydrogen) atoms. The molecule has 12 heteroatoms. The highest BCUT2D eigenvalue weighted by atomic mass is 35.5. The number of nitrogens with zero attached hydrogens (tertiary/aromatic N) is 3. The van der Waals surface area contributed by atoms with Crippen molar-refractivity contribution in [2.75, 3.05) is 43.0 Å². The second kappa shape index (κ2) is 10.9. The number of carbonyl (C=O) groups is 1. The van der Waals surface area contributed by atoms with Crippen LogP contribution in [0.25, 0.3) is 0 Å². The Hall–Kier alpha value is -2.11. The zero-order valence-corrected chi connectivity index (χ0v) is 20.6. The van der Waals surface area contributed by atoms with Crippen LogP contribution in [0, 0.1) is 5.92 Å². The lowest BCUT2D eigenvalue weighted by molar-refractivity contribution is 0.102. The van der Waals surface area contributed by atoms with Crippen molar-refractivity contribution in [2.24, 2.45) is 5.92 Å². The molecule has 1 amide bonds. The average Bonchev–Trinajstić information content (AvgIpc) is 2.80. The number of pyridine rings is 1. The number of fused-ring (bicyclic) bond motifs is 1. The molecule has 0 aliphatic carbocycles. The highest BCUT2D eigenvalue weighted by Crippen LogP contribution is 2.35. The van der Waals surface area contributed by atoms with Crippen LogP contribution in [-0.4, -0.2) is 62.1 Å². The van der Waals surface area contributed by atoms with Gasteiger partial charge < -0.3 is 15.2 Å². The average molecular weight is 517 g/mol. The maximum absolute atomic E-state index is 13.3. The molecular weight excluding hydrogens is 491 g/mol. The molecule has 180 valence electrons. The molecule has 1 aromatic heterocycles. The number of hydrogen-bond donors (Lipinski definition) is 2. The van der Waals surface area contributed by atoms with E-state index < -0.39 is 16.1 Å². The largest absolute Gasteiger partial charge is 0.488 e. The third-order valence-electron chi connectivity index (χ3n) is 5.41. The van der Waals surface area contributed by atoms with Crippen LogP contribution in [0.4, 0.5) is 11.6 Å². The van der Waals surface area contributed by atoms with Gasteiger partial charge in [-0.1, -0.05) is 36.2 Å². The third kappa shape index (κ3) is 5.52. The van der Waals surface area contributed by atoms with Gasteiger partial charge in [0.25, 0.3) is 5.91 Å². The van der Waals surface area contributed by atoms with Crippen molar-refractivity contribution < 1.29 is 23.1 Å². The van der Waals surface area contributed by atoms with Crippen molar-refractivity contribution in [2.45, 2.75) is 19.8 Å². The Labute approximate surface area is 203 Å². The first-order chi connectivity index (χ1) is 15.8. The Morgan fingerprint density at radius 3 is 2.39 bits per heavy atom. The summed E-state index contributed by atoms with van der Waals surface area (Å²) in [6, 6.07) is 7.89. The number of nitrogens with one attached hydrogen (secondary N) is 1. The normalized spacial score (nSPS) is 16.8. The molecule has 0 saturated carbocycles. The van der Waals surface area contributed by atoms with Gasteiger partial charge in [-0.3, -0.25) is 4.79 Å². The first-order valence-corrected chi connectivity index (χ1v) is 12.5. The molecule has 1 saturated heterocycles. The van der Waals surface area contributed by atoms with Gasteiger partial charge in [-0.05, 0) is 43.0 Å². The Morgan fingerprint density at radius 2 is 1.76 bits per heavy atom. The van der Waals surface area contributed by atoms with E-state index in [1.165, 1.54) is 8.61 Å². The van der Waals surface area contributed by atoms with Crippen LogP contribution in [0.2, 0.25) is 10.0 Å². The fraction of sp³-hybridized carbons (Fsp3) is 0.429. The van der Waals surface area contributed by atoms with E-state index in [0.29, 0.717) is 24.8 Å². The Morgan fingerprint density at radius 1 is 1.12 bits per heavy atom.